The molecule has 166 valence electrons. The second-order valence-corrected chi connectivity index (χ2v) is 7.20. The zero-order valence-electron chi connectivity index (χ0n) is 17.8. The van der Waals surface area contributed by atoms with Gasteiger partial charge in [-0.05, 0) is 55.9 Å². The Bertz CT molecular complexity index is 897. The fraction of sp³-hybridized carbons (Fsp3) is 0.318. The number of carbonyl (C=O) groups is 3. The number of aliphatic hydroxyl groups excluding tert-OH is 1. The lowest BCUT2D eigenvalue weighted by Gasteiger charge is -2.19. The Morgan fingerprint density at radius 2 is 1.55 bits per heavy atom. The first-order valence-electron chi connectivity index (χ1n) is 9.87. The fourth-order valence-corrected chi connectivity index (χ4v) is 2.82. The smallest absolute Gasteiger partial charge is 0.268 e. The van der Waals surface area contributed by atoms with Gasteiger partial charge in [0, 0.05) is 11.3 Å². The highest BCUT2D eigenvalue weighted by Crippen LogP contribution is 2.22. The molecule has 9 nitrogen and oxygen atoms in total. The van der Waals surface area contributed by atoms with Crippen LogP contribution in [0.4, 0.5) is 5.69 Å². The van der Waals surface area contributed by atoms with E-state index in [1.54, 1.807) is 36.4 Å². The molecule has 0 fully saturated rings. The number of rotatable bonds is 9. The van der Waals surface area contributed by atoms with E-state index in [-0.39, 0.29) is 5.91 Å². The number of likely N-dealkylation sites (N-methyl/N-ethyl adjacent to an activating group) is 1. The SMILES string of the molecule is CCN(C)CC(=O)Nc1ccc(-c2ccc(C(=O)N[C@H](C(=O)NO)[C@@H](C)O)cc2)cc1. The van der Waals surface area contributed by atoms with Gasteiger partial charge in [-0.15, -0.1) is 0 Å². The highest BCUT2D eigenvalue weighted by molar-refractivity contribution is 5.98. The monoisotopic (exact) mass is 428 g/mol. The van der Waals surface area contributed by atoms with Crippen LogP contribution in [0, 0.1) is 0 Å². The first kappa shape index (κ1) is 24.0. The minimum Gasteiger partial charge on any atom is -0.391 e. The number of hydrogen-bond acceptors (Lipinski definition) is 6. The highest BCUT2D eigenvalue weighted by Gasteiger charge is 2.25. The number of nitrogens with zero attached hydrogens (tertiary/aromatic N) is 1. The molecule has 0 radical (unpaired) electrons. The van der Waals surface area contributed by atoms with Crippen molar-refractivity contribution in [3.8, 4) is 11.1 Å². The molecule has 0 spiro atoms. The molecule has 5 N–H and O–H groups in total. The standard InChI is InChI=1S/C22H28N4O5/c1-4-26(3)13-19(28)23-18-11-9-16(10-12-18)15-5-7-17(8-6-15)21(29)24-20(14(2)27)22(30)25-31/h5-12,14,20,27,31H,4,13H2,1-3H3,(H,23,28)(H,24,29)(H,25,30)/t14-,20+/m1/s1. The van der Waals surface area contributed by atoms with E-state index >= 15 is 0 Å². The molecule has 0 aliphatic rings. The molecule has 2 atom stereocenters. The summed E-state index contributed by atoms with van der Waals surface area (Å²) in [5.41, 5.74) is 4.17. The van der Waals surface area contributed by atoms with Crippen LogP contribution in [0.25, 0.3) is 11.1 Å². The summed E-state index contributed by atoms with van der Waals surface area (Å²) in [6.45, 7) is 4.41. The number of amides is 3. The third kappa shape index (κ3) is 6.88. The molecule has 0 aliphatic carbocycles. The van der Waals surface area contributed by atoms with Crippen LogP contribution < -0.4 is 16.1 Å². The van der Waals surface area contributed by atoms with Crippen LogP contribution in [0.1, 0.15) is 24.2 Å². The minimum atomic E-state index is -1.28. The van der Waals surface area contributed by atoms with Gasteiger partial charge < -0.3 is 15.7 Å². The first-order valence-corrected chi connectivity index (χ1v) is 9.87. The zero-order valence-corrected chi connectivity index (χ0v) is 17.8. The van der Waals surface area contributed by atoms with E-state index < -0.39 is 24.0 Å². The van der Waals surface area contributed by atoms with Crippen LogP contribution in [-0.2, 0) is 9.59 Å². The highest BCUT2D eigenvalue weighted by atomic mass is 16.5. The third-order valence-corrected chi connectivity index (χ3v) is 4.76. The molecule has 0 bridgehead atoms. The van der Waals surface area contributed by atoms with Crippen molar-refractivity contribution in [3.63, 3.8) is 0 Å². The number of aliphatic hydroxyl groups is 1. The van der Waals surface area contributed by atoms with Gasteiger partial charge in [0.15, 0.2) is 0 Å². The average molecular weight is 428 g/mol. The maximum atomic E-state index is 12.3. The van der Waals surface area contributed by atoms with E-state index in [1.165, 1.54) is 12.4 Å². The zero-order chi connectivity index (χ0) is 23.0. The van der Waals surface area contributed by atoms with Crippen molar-refractivity contribution in [2.75, 3.05) is 25.5 Å². The Kier molecular flexibility index (Phi) is 8.68. The molecule has 3 amide bonds. The fourth-order valence-electron chi connectivity index (χ4n) is 2.82. The molecular formula is C22H28N4O5. The number of nitrogens with one attached hydrogen (secondary N) is 3. The van der Waals surface area contributed by atoms with E-state index in [2.05, 4.69) is 10.6 Å². The van der Waals surface area contributed by atoms with Crippen molar-refractivity contribution in [2.45, 2.75) is 26.0 Å². The molecule has 2 aromatic rings. The minimum absolute atomic E-state index is 0.0853. The summed E-state index contributed by atoms with van der Waals surface area (Å²) in [6, 6.07) is 12.8. The van der Waals surface area contributed by atoms with E-state index in [0.29, 0.717) is 17.8 Å². The van der Waals surface area contributed by atoms with Crippen molar-refractivity contribution in [1.29, 1.82) is 0 Å². The Balaban J connectivity index is 2.03. The maximum absolute atomic E-state index is 12.3. The van der Waals surface area contributed by atoms with E-state index in [0.717, 1.165) is 17.7 Å². The van der Waals surface area contributed by atoms with Crippen LogP contribution in [0.3, 0.4) is 0 Å². The van der Waals surface area contributed by atoms with Crippen molar-refractivity contribution < 1.29 is 24.7 Å². The lowest BCUT2D eigenvalue weighted by Crippen LogP contribution is -2.51. The molecule has 0 saturated carbocycles. The topological polar surface area (TPSA) is 131 Å². The summed E-state index contributed by atoms with van der Waals surface area (Å²) >= 11 is 0. The summed E-state index contributed by atoms with van der Waals surface area (Å²) in [5.74, 6) is -1.55. The van der Waals surface area contributed by atoms with Crippen molar-refractivity contribution in [2.24, 2.45) is 0 Å². The summed E-state index contributed by atoms with van der Waals surface area (Å²) in [6.07, 6.45) is -1.18. The van der Waals surface area contributed by atoms with Crippen molar-refractivity contribution in [1.82, 2.24) is 15.7 Å². The Labute approximate surface area is 181 Å². The number of hydrogen-bond donors (Lipinski definition) is 5. The second-order valence-electron chi connectivity index (χ2n) is 7.20. The Morgan fingerprint density at radius 1 is 1.00 bits per heavy atom. The molecule has 0 saturated heterocycles. The molecule has 0 aromatic heterocycles. The van der Waals surface area contributed by atoms with Crippen molar-refractivity contribution >= 4 is 23.4 Å². The molecule has 0 aliphatic heterocycles. The van der Waals surface area contributed by atoms with Gasteiger partial charge >= 0.3 is 0 Å². The van der Waals surface area contributed by atoms with Crippen LogP contribution in [0.15, 0.2) is 48.5 Å². The van der Waals surface area contributed by atoms with Crippen molar-refractivity contribution in [3.05, 3.63) is 54.1 Å². The number of carbonyl (C=O) groups excluding carboxylic acids is 3. The summed E-state index contributed by atoms with van der Waals surface area (Å²) in [7, 11) is 1.87. The van der Waals surface area contributed by atoms with Gasteiger partial charge in [0.05, 0.1) is 12.6 Å². The lowest BCUT2D eigenvalue weighted by atomic mass is 10.0. The maximum Gasteiger partial charge on any atom is 0.268 e. The normalized spacial score (nSPS) is 12.7. The predicted octanol–water partition coefficient (Wildman–Crippen LogP) is 1.23. The molecule has 2 aromatic carbocycles. The van der Waals surface area contributed by atoms with Crippen LogP contribution >= 0.6 is 0 Å². The number of benzene rings is 2. The predicted molar refractivity (Wildman–Crippen MR) is 117 cm³/mol. The molecule has 31 heavy (non-hydrogen) atoms. The summed E-state index contributed by atoms with van der Waals surface area (Å²) in [5, 5.41) is 23.6. The van der Waals surface area contributed by atoms with E-state index in [1.807, 2.05) is 31.0 Å². The van der Waals surface area contributed by atoms with Gasteiger partial charge in [-0.1, -0.05) is 31.2 Å². The third-order valence-electron chi connectivity index (χ3n) is 4.76. The van der Waals surface area contributed by atoms with Crippen LogP contribution in [-0.4, -0.2) is 65.2 Å². The largest absolute Gasteiger partial charge is 0.391 e. The quantitative estimate of drug-likeness (QED) is 0.302. The van der Waals surface area contributed by atoms with Crippen LogP contribution in [0.5, 0.6) is 0 Å². The van der Waals surface area contributed by atoms with Gasteiger partial charge in [-0.25, -0.2) is 5.48 Å². The number of anilines is 1. The van der Waals surface area contributed by atoms with Gasteiger partial charge in [-0.3, -0.25) is 24.5 Å². The summed E-state index contributed by atoms with van der Waals surface area (Å²) < 4.78 is 0. The average Bonchev–Trinajstić information content (AvgIpc) is 2.77. The second kappa shape index (κ2) is 11.2. The van der Waals surface area contributed by atoms with E-state index in [9.17, 15) is 19.5 Å². The van der Waals surface area contributed by atoms with Gasteiger partial charge in [0.1, 0.15) is 6.04 Å². The van der Waals surface area contributed by atoms with Gasteiger partial charge in [-0.2, -0.15) is 0 Å². The van der Waals surface area contributed by atoms with Gasteiger partial charge in [0.25, 0.3) is 11.8 Å². The molecular weight excluding hydrogens is 400 g/mol. The molecule has 9 heteroatoms. The summed E-state index contributed by atoms with van der Waals surface area (Å²) in [4.78, 5) is 37.8. The van der Waals surface area contributed by atoms with Gasteiger partial charge in [0.2, 0.25) is 5.91 Å². The van der Waals surface area contributed by atoms with E-state index in [4.69, 9.17) is 5.21 Å². The Morgan fingerprint density at radius 3 is 2.03 bits per heavy atom. The lowest BCUT2D eigenvalue weighted by molar-refractivity contribution is -0.133. The molecule has 2 rings (SSSR count). The first-order chi connectivity index (χ1) is 14.7. The molecule has 0 heterocycles. The Hall–Kier alpha value is -3.27. The number of hydroxylamine groups is 1. The molecule has 0 unspecified atom stereocenters. The van der Waals surface area contributed by atoms with Crippen LogP contribution in [0.2, 0.25) is 0 Å².